The lowest BCUT2D eigenvalue weighted by molar-refractivity contribution is 0.00578. The second kappa shape index (κ2) is 6.94. The Kier molecular flexibility index (Phi) is 6.13. The molecule has 1 aliphatic heterocycles. The lowest BCUT2D eigenvalue weighted by Gasteiger charge is -2.32. The Morgan fingerprint density at radius 3 is 1.68 bits per heavy atom. The van der Waals surface area contributed by atoms with Gasteiger partial charge >= 0.3 is 7.12 Å². The summed E-state index contributed by atoms with van der Waals surface area (Å²) in [6.45, 7) is 12.9. The summed E-state index contributed by atoms with van der Waals surface area (Å²) in [5.74, 6) is 2.22. The topological polar surface area (TPSA) is 18.5 Å². The summed E-state index contributed by atoms with van der Waals surface area (Å²) in [4.78, 5) is 0. The van der Waals surface area contributed by atoms with Gasteiger partial charge in [-0.15, -0.1) is 0 Å². The summed E-state index contributed by atoms with van der Waals surface area (Å²) < 4.78 is 12.1. The van der Waals surface area contributed by atoms with E-state index in [9.17, 15) is 0 Å². The van der Waals surface area contributed by atoms with Gasteiger partial charge in [-0.05, 0) is 53.4 Å². The summed E-state index contributed by atoms with van der Waals surface area (Å²) >= 11 is 0. The average molecular weight is 266 g/mol. The van der Waals surface area contributed by atoms with Crippen LogP contribution in [0.3, 0.4) is 0 Å². The van der Waals surface area contributed by atoms with Crippen molar-refractivity contribution in [3.05, 3.63) is 11.5 Å². The predicted octanol–water partition coefficient (Wildman–Crippen LogP) is 4.92. The zero-order valence-corrected chi connectivity index (χ0v) is 13.7. The fourth-order valence-corrected chi connectivity index (χ4v) is 2.25. The van der Waals surface area contributed by atoms with Gasteiger partial charge in [-0.3, -0.25) is 0 Å². The molecule has 0 amide bonds. The van der Waals surface area contributed by atoms with E-state index >= 15 is 0 Å². The summed E-state index contributed by atoms with van der Waals surface area (Å²) in [7, 11) is -0.172. The first kappa shape index (κ1) is 16.8. The molecule has 1 fully saturated rings. The Bertz CT molecular complexity index is 282. The molecular formula is C16H31BO2. The van der Waals surface area contributed by atoms with Crippen LogP contribution in [0.25, 0.3) is 0 Å². The molecule has 0 radical (unpaired) electrons. The minimum atomic E-state index is -0.227. The SMILES string of the molecule is CCCCC(=CB1OC(C)(C)C(C)(C)O1)CCCC. The molecule has 1 rings (SSSR count). The summed E-state index contributed by atoms with van der Waals surface area (Å²) in [5, 5.41) is 0. The molecule has 0 unspecified atom stereocenters. The molecule has 0 aliphatic carbocycles. The number of allylic oxidation sites excluding steroid dienone is 1. The van der Waals surface area contributed by atoms with Crippen LogP contribution in [0.5, 0.6) is 0 Å². The Labute approximate surface area is 120 Å². The molecule has 1 heterocycles. The Morgan fingerprint density at radius 2 is 1.32 bits per heavy atom. The van der Waals surface area contributed by atoms with E-state index in [2.05, 4.69) is 47.5 Å². The van der Waals surface area contributed by atoms with Crippen molar-refractivity contribution < 1.29 is 9.31 Å². The maximum Gasteiger partial charge on any atom is 0.487 e. The van der Waals surface area contributed by atoms with E-state index in [4.69, 9.17) is 9.31 Å². The van der Waals surface area contributed by atoms with Gasteiger partial charge < -0.3 is 9.31 Å². The van der Waals surface area contributed by atoms with Crippen molar-refractivity contribution in [2.75, 3.05) is 0 Å². The number of rotatable bonds is 7. The highest BCUT2D eigenvalue weighted by atomic mass is 16.7. The van der Waals surface area contributed by atoms with E-state index in [0.29, 0.717) is 0 Å². The van der Waals surface area contributed by atoms with Crippen molar-refractivity contribution in [3.63, 3.8) is 0 Å². The molecule has 0 N–H and O–H groups in total. The van der Waals surface area contributed by atoms with E-state index < -0.39 is 0 Å². The summed E-state index contributed by atoms with van der Waals surface area (Å²) in [5.41, 5.74) is 1.05. The molecule has 2 nitrogen and oxygen atoms in total. The second-order valence-electron chi connectivity index (χ2n) is 6.66. The highest BCUT2D eigenvalue weighted by Gasteiger charge is 2.50. The van der Waals surface area contributed by atoms with Crippen LogP contribution < -0.4 is 0 Å². The predicted molar refractivity (Wildman–Crippen MR) is 83.2 cm³/mol. The molecule has 1 saturated heterocycles. The molecule has 19 heavy (non-hydrogen) atoms. The van der Waals surface area contributed by atoms with E-state index in [1.54, 1.807) is 0 Å². The highest BCUT2D eigenvalue weighted by molar-refractivity contribution is 6.51. The maximum atomic E-state index is 6.06. The third-order valence-electron chi connectivity index (χ3n) is 4.35. The molecule has 0 aromatic heterocycles. The van der Waals surface area contributed by atoms with Crippen LogP contribution >= 0.6 is 0 Å². The molecular weight excluding hydrogens is 235 g/mol. The van der Waals surface area contributed by atoms with Crippen LogP contribution in [0.4, 0.5) is 0 Å². The van der Waals surface area contributed by atoms with Gasteiger partial charge in [-0.1, -0.05) is 38.2 Å². The summed E-state index contributed by atoms with van der Waals surface area (Å²) in [6, 6.07) is 0. The molecule has 0 bridgehead atoms. The number of unbranched alkanes of at least 4 members (excludes halogenated alkanes) is 2. The van der Waals surface area contributed by atoms with Gasteiger partial charge in [0.1, 0.15) is 0 Å². The Balaban J connectivity index is 2.68. The van der Waals surface area contributed by atoms with Crippen LogP contribution in [-0.4, -0.2) is 18.3 Å². The molecule has 110 valence electrons. The normalized spacial score (nSPS) is 20.6. The third-order valence-corrected chi connectivity index (χ3v) is 4.35. The van der Waals surface area contributed by atoms with Gasteiger partial charge in [-0.2, -0.15) is 0 Å². The van der Waals surface area contributed by atoms with Crippen molar-refractivity contribution in [2.45, 2.75) is 91.3 Å². The molecule has 0 atom stereocenters. The molecule has 1 aliphatic rings. The first-order valence-electron chi connectivity index (χ1n) is 7.87. The van der Waals surface area contributed by atoms with Crippen molar-refractivity contribution in [1.29, 1.82) is 0 Å². The van der Waals surface area contributed by atoms with Gasteiger partial charge in [-0.25, -0.2) is 0 Å². The van der Waals surface area contributed by atoms with Gasteiger partial charge in [0.05, 0.1) is 11.2 Å². The zero-order valence-electron chi connectivity index (χ0n) is 13.7. The van der Waals surface area contributed by atoms with Gasteiger partial charge in [0.2, 0.25) is 0 Å². The van der Waals surface area contributed by atoms with E-state index in [-0.39, 0.29) is 18.3 Å². The number of hydrogen-bond acceptors (Lipinski definition) is 2. The van der Waals surface area contributed by atoms with Gasteiger partial charge in [0.15, 0.2) is 0 Å². The molecule has 0 saturated carbocycles. The summed E-state index contributed by atoms with van der Waals surface area (Å²) in [6.07, 6.45) is 7.37. The first-order chi connectivity index (χ1) is 8.82. The van der Waals surface area contributed by atoms with Gasteiger partial charge in [0, 0.05) is 0 Å². The number of hydrogen-bond donors (Lipinski definition) is 0. The van der Waals surface area contributed by atoms with E-state index in [0.717, 1.165) is 0 Å². The highest BCUT2D eigenvalue weighted by Crippen LogP contribution is 2.37. The molecule has 0 aromatic rings. The fourth-order valence-electron chi connectivity index (χ4n) is 2.25. The van der Waals surface area contributed by atoms with Gasteiger partial charge in [0.25, 0.3) is 0 Å². The minimum Gasteiger partial charge on any atom is -0.400 e. The Hall–Kier alpha value is -0.275. The van der Waals surface area contributed by atoms with Crippen LogP contribution in [0.15, 0.2) is 11.5 Å². The molecule has 3 heteroatoms. The fraction of sp³-hybridized carbons (Fsp3) is 0.875. The van der Waals surface area contributed by atoms with Crippen molar-refractivity contribution in [1.82, 2.24) is 0 Å². The van der Waals surface area contributed by atoms with Crippen LogP contribution in [-0.2, 0) is 9.31 Å². The molecule has 0 spiro atoms. The third kappa shape index (κ3) is 4.64. The van der Waals surface area contributed by atoms with Crippen LogP contribution in [0.2, 0.25) is 0 Å². The standard InChI is InChI=1S/C16H31BO2/c1-7-9-11-14(12-10-8-2)13-17-18-15(3,4)16(5,6)19-17/h13H,7-12H2,1-6H3. The zero-order chi connectivity index (χ0) is 14.5. The first-order valence-corrected chi connectivity index (χ1v) is 7.87. The van der Waals surface area contributed by atoms with Crippen LogP contribution in [0.1, 0.15) is 80.1 Å². The second-order valence-corrected chi connectivity index (χ2v) is 6.66. The average Bonchev–Trinajstić information content (AvgIpc) is 2.51. The maximum absolute atomic E-state index is 6.06. The van der Waals surface area contributed by atoms with Crippen molar-refractivity contribution >= 4 is 7.12 Å². The minimum absolute atomic E-state index is 0.172. The van der Waals surface area contributed by atoms with Crippen molar-refractivity contribution in [3.8, 4) is 0 Å². The smallest absolute Gasteiger partial charge is 0.400 e. The largest absolute Gasteiger partial charge is 0.487 e. The van der Waals surface area contributed by atoms with Crippen molar-refractivity contribution in [2.24, 2.45) is 0 Å². The monoisotopic (exact) mass is 266 g/mol. The van der Waals surface area contributed by atoms with E-state index in [1.807, 2.05) is 0 Å². The van der Waals surface area contributed by atoms with Crippen LogP contribution in [0, 0.1) is 0 Å². The van der Waals surface area contributed by atoms with E-state index in [1.165, 1.54) is 44.1 Å². The molecule has 0 aromatic carbocycles. The Morgan fingerprint density at radius 1 is 0.895 bits per heavy atom. The lowest BCUT2D eigenvalue weighted by Crippen LogP contribution is -2.41. The quantitative estimate of drug-likeness (QED) is 0.608. The lowest BCUT2D eigenvalue weighted by atomic mass is 9.84.